The minimum atomic E-state index is -0.230. The zero-order chi connectivity index (χ0) is 15.4. The minimum absolute atomic E-state index is 0.0642. The maximum Gasteiger partial charge on any atom is 0.254 e. The van der Waals surface area contributed by atoms with E-state index in [0.29, 0.717) is 11.4 Å². The molecule has 1 aromatic heterocycles. The Labute approximate surface area is 124 Å². The lowest BCUT2D eigenvalue weighted by Crippen LogP contribution is -2.37. The van der Waals surface area contributed by atoms with Crippen LogP contribution >= 0.6 is 0 Å². The van der Waals surface area contributed by atoms with Gasteiger partial charge in [-0.25, -0.2) is 4.98 Å². The number of amides is 1. The van der Waals surface area contributed by atoms with Gasteiger partial charge in [0.25, 0.3) is 5.91 Å². The van der Waals surface area contributed by atoms with Crippen LogP contribution < -0.4 is 5.32 Å². The molecule has 0 spiro atoms. The molecule has 2 N–H and O–H groups in total. The van der Waals surface area contributed by atoms with Gasteiger partial charge in [0.05, 0.1) is 23.7 Å². The minimum Gasteiger partial charge on any atom is -0.394 e. The van der Waals surface area contributed by atoms with Crippen molar-refractivity contribution in [3.63, 3.8) is 0 Å². The summed E-state index contributed by atoms with van der Waals surface area (Å²) < 4.78 is 0. The number of carbonyl (C=O) groups is 1. The number of hydrogen-bond donors (Lipinski definition) is 2. The van der Waals surface area contributed by atoms with Gasteiger partial charge in [0.1, 0.15) is 5.82 Å². The number of carbonyl (C=O) groups excluding carboxylic acids is 1. The molecule has 21 heavy (non-hydrogen) atoms. The molecular weight excluding hydrogens is 266 g/mol. The normalized spacial score (nSPS) is 12.2. The lowest BCUT2D eigenvalue weighted by Gasteiger charge is -2.24. The van der Waals surface area contributed by atoms with Crippen molar-refractivity contribution in [1.82, 2.24) is 9.88 Å². The van der Waals surface area contributed by atoms with Gasteiger partial charge in [-0.2, -0.15) is 0 Å². The third-order valence-electron chi connectivity index (χ3n) is 3.55. The largest absolute Gasteiger partial charge is 0.394 e. The lowest BCUT2D eigenvalue weighted by atomic mass is 10.1. The predicted octanol–water partition coefficient (Wildman–Crippen LogP) is 2.12. The number of benzene rings is 1. The number of likely N-dealkylation sites (N-methyl/N-ethyl adjacent to an activating group) is 1. The summed E-state index contributed by atoms with van der Waals surface area (Å²) in [6.07, 6.45) is 0. The van der Waals surface area contributed by atoms with Crippen LogP contribution in [0, 0.1) is 0 Å². The predicted molar refractivity (Wildman–Crippen MR) is 84.5 cm³/mol. The van der Waals surface area contributed by atoms with Gasteiger partial charge >= 0.3 is 0 Å². The summed E-state index contributed by atoms with van der Waals surface area (Å²) in [7, 11) is 1.70. The molecule has 1 aromatic carbocycles. The van der Waals surface area contributed by atoms with Crippen molar-refractivity contribution < 1.29 is 9.90 Å². The van der Waals surface area contributed by atoms with Gasteiger partial charge in [-0.1, -0.05) is 18.2 Å². The number of aliphatic hydroxyl groups excluding tert-OH is 1. The van der Waals surface area contributed by atoms with E-state index < -0.39 is 0 Å². The zero-order valence-corrected chi connectivity index (χ0v) is 12.6. The summed E-state index contributed by atoms with van der Waals surface area (Å²) in [5.74, 6) is 0.568. The quantitative estimate of drug-likeness (QED) is 0.884. The Balaban J connectivity index is 2.52. The van der Waals surface area contributed by atoms with E-state index in [4.69, 9.17) is 0 Å². The maximum absolute atomic E-state index is 12.7. The van der Waals surface area contributed by atoms with Crippen molar-refractivity contribution in [3.05, 3.63) is 35.9 Å². The van der Waals surface area contributed by atoms with Crippen LogP contribution in [0.5, 0.6) is 0 Å². The number of aromatic nitrogens is 1. The summed E-state index contributed by atoms with van der Waals surface area (Å²) in [6, 6.07) is 9.12. The van der Waals surface area contributed by atoms with Crippen LogP contribution in [0.15, 0.2) is 30.3 Å². The number of hydrogen-bond acceptors (Lipinski definition) is 4. The van der Waals surface area contributed by atoms with Gasteiger partial charge in [-0.05, 0) is 26.0 Å². The van der Waals surface area contributed by atoms with Crippen molar-refractivity contribution in [2.45, 2.75) is 19.9 Å². The Bertz CT molecular complexity index is 642. The zero-order valence-electron chi connectivity index (χ0n) is 12.6. The molecule has 112 valence electrons. The van der Waals surface area contributed by atoms with E-state index in [0.717, 1.165) is 17.4 Å². The number of pyridine rings is 1. The van der Waals surface area contributed by atoms with Crippen LogP contribution in [0.1, 0.15) is 24.2 Å². The van der Waals surface area contributed by atoms with Crippen LogP contribution in [0.2, 0.25) is 0 Å². The highest BCUT2D eigenvalue weighted by molar-refractivity contribution is 6.07. The molecule has 5 heteroatoms. The molecule has 0 saturated carbocycles. The maximum atomic E-state index is 12.7. The van der Waals surface area contributed by atoms with Gasteiger partial charge in [0.15, 0.2) is 0 Å². The second-order valence-electron chi connectivity index (χ2n) is 5.05. The number of nitrogens with zero attached hydrogens (tertiary/aromatic N) is 2. The smallest absolute Gasteiger partial charge is 0.254 e. The van der Waals surface area contributed by atoms with Crippen molar-refractivity contribution in [2.75, 3.05) is 25.5 Å². The summed E-state index contributed by atoms with van der Waals surface area (Å²) in [5, 5.41) is 13.2. The number of para-hydroxylation sites is 1. The third-order valence-corrected chi connectivity index (χ3v) is 3.55. The summed E-state index contributed by atoms with van der Waals surface area (Å²) in [4.78, 5) is 18.7. The Morgan fingerprint density at radius 1 is 1.43 bits per heavy atom. The number of aliphatic hydroxyl groups is 1. The fraction of sp³-hybridized carbons (Fsp3) is 0.375. The van der Waals surface area contributed by atoms with Gasteiger partial charge in [-0.15, -0.1) is 0 Å². The molecule has 1 amide bonds. The summed E-state index contributed by atoms with van der Waals surface area (Å²) in [6.45, 7) is 4.47. The van der Waals surface area contributed by atoms with E-state index in [1.54, 1.807) is 18.0 Å². The van der Waals surface area contributed by atoms with Crippen LogP contribution in [-0.2, 0) is 0 Å². The molecule has 0 aliphatic carbocycles. The van der Waals surface area contributed by atoms with Crippen molar-refractivity contribution >= 4 is 22.6 Å². The molecule has 0 fully saturated rings. The van der Waals surface area contributed by atoms with Crippen molar-refractivity contribution in [2.24, 2.45) is 0 Å². The molecule has 1 atom stereocenters. The monoisotopic (exact) mass is 287 g/mol. The first-order valence-electron chi connectivity index (χ1n) is 7.10. The van der Waals surface area contributed by atoms with E-state index in [2.05, 4.69) is 10.3 Å². The number of anilines is 1. The molecule has 2 rings (SSSR count). The van der Waals surface area contributed by atoms with Gasteiger partial charge in [-0.3, -0.25) is 4.79 Å². The first-order chi connectivity index (χ1) is 10.1. The highest BCUT2D eigenvalue weighted by Crippen LogP contribution is 2.22. The Kier molecular flexibility index (Phi) is 4.75. The van der Waals surface area contributed by atoms with Crippen molar-refractivity contribution in [3.8, 4) is 0 Å². The SMILES string of the molecule is CCNc1cc(C(=O)N(C)C(C)CO)c2ccccc2n1. The third kappa shape index (κ3) is 3.13. The average Bonchev–Trinajstić information content (AvgIpc) is 2.52. The molecule has 0 radical (unpaired) electrons. The Morgan fingerprint density at radius 3 is 2.81 bits per heavy atom. The highest BCUT2D eigenvalue weighted by atomic mass is 16.3. The van der Waals surface area contributed by atoms with Gasteiger partial charge in [0, 0.05) is 19.0 Å². The first kappa shape index (κ1) is 15.3. The topological polar surface area (TPSA) is 65.5 Å². The lowest BCUT2D eigenvalue weighted by molar-refractivity contribution is 0.0684. The number of rotatable bonds is 5. The molecule has 2 aromatic rings. The van der Waals surface area contributed by atoms with E-state index in [1.807, 2.05) is 38.1 Å². The molecule has 5 nitrogen and oxygen atoms in total. The van der Waals surface area contributed by atoms with Crippen LogP contribution in [0.4, 0.5) is 5.82 Å². The second-order valence-corrected chi connectivity index (χ2v) is 5.05. The Hall–Kier alpha value is -2.14. The number of nitrogens with one attached hydrogen (secondary N) is 1. The van der Waals surface area contributed by atoms with Crippen molar-refractivity contribution in [1.29, 1.82) is 0 Å². The Morgan fingerprint density at radius 2 is 2.14 bits per heavy atom. The van der Waals surface area contributed by atoms with E-state index in [1.165, 1.54) is 0 Å². The van der Waals surface area contributed by atoms with Gasteiger partial charge in [0.2, 0.25) is 0 Å². The average molecular weight is 287 g/mol. The molecule has 0 saturated heterocycles. The van der Waals surface area contributed by atoms with E-state index in [9.17, 15) is 9.90 Å². The standard InChI is InChI=1S/C16H21N3O2/c1-4-17-15-9-13(16(21)19(3)11(2)10-20)12-7-5-6-8-14(12)18-15/h5-9,11,20H,4,10H2,1-3H3,(H,17,18). The molecular formula is C16H21N3O2. The molecule has 0 aliphatic rings. The second kappa shape index (κ2) is 6.54. The number of fused-ring (bicyclic) bond motifs is 1. The fourth-order valence-corrected chi connectivity index (χ4v) is 2.14. The molecule has 1 heterocycles. The van der Waals surface area contributed by atoms with Crippen LogP contribution in [0.25, 0.3) is 10.9 Å². The van der Waals surface area contributed by atoms with Crippen LogP contribution in [-0.4, -0.2) is 47.1 Å². The van der Waals surface area contributed by atoms with E-state index in [-0.39, 0.29) is 18.6 Å². The highest BCUT2D eigenvalue weighted by Gasteiger charge is 2.20. The molecule has 1 unspecified atom stereocenters. The van der Waals surface area contributed by atoms with Crippen LogP contribution in [0.3, 0.4) is 0 Å². The summed E-state index contributed by atoms with van der Waals surface area (Å²) in [5.41, 5.74) is 1.38. The van der Waals surface area contributed by atoms with E-state index >= 15 is 0 Å². The summed E-state index contributed by atoms with van der Waals surface area (Å²) >= 11 is 0. The molecule has 0 bridgehead atoms. The fourth-order valence-electron chi connectivity index (χ4n) is 2.14. The van der Waals surface area contributed by atoms with Gasteiger partial charge < -0.3 is 15.3 Å². The molecule has 0 aliphatic heterocycles. The first-order valence-corrected chi connectivity index (χ1v) is 7.10.